The molecular formula is C22H28N2O. The van der Waals surface area contributed by atoms with E-state index in [2.05, 4.69) is 45.1 Å². The first-order chi connectivity index (χ1) is 11.8. The molecule has 0 spiro atoms. The Labute approximate surface area is 151 Å². The quantitative estimate of drug-likeness (QED) is 0.594. The first-order valence-electron chi connectivity index (χ1n) is 8.80. The van der Waals surface area contributed by atoms with Crippen LogP contribution in [0.5, 0.6) is 0 Å². The van der Waals surface area contributed by atoms with Crippen LogP contribution in [0.3, 0.4) is 0 Å². The van der Waals surface area contributed by atoms with Crippen LogP contribution in [0.2, 0.25) is 0 Å². The standard InChI is InChI=1S/C22H28N2O/c1-16(2)15-20(17-9-7-6-8-10-17)23-24-21(25)18-11-13-19(14-12-18)22(3,4)5/h6-14,16H,15H2,1-5H3,(H,24,25). The summed E-state index contributed by atoms with van der Waals surface area (Å²) < 4.78 is 0. The van der Waals surface area contributed by atoms with Gasteiger partial charge in [0.15, 0.2) is 0 Å². The molecule has 25 heavy (non-hydrogen) atoms. The number of nitrogens with one attached hydrogen (secondary N) is 1. The molecule has 0 bridgehead atoms. The molecule has 0 aliphatic carbocycles. The van der Waals surface area contributed by atoms with Crippen molar-refractivity contribution >= 4 is 11.6 Å². The molecule has 2 aromatic carbocycles. The van der Waals surface area contributed by atoms with Gasteiger partial charge < -0.3 is 0 Å². The van der Waals surface area contributed by atoms with E-state index in [1.54, 1.807) is 0 Å². The zero-order chi connectivity index (χ0) is 18.4. The van der Waals surface area contributed by atoms with Gasteiger partial charge in [0, 0.05) is 5.56 Å². The van der Waals surface area contributed by atoms with Crippen molar-refractivity contribution in [1.82, 2.24) is 5.43 Å². The van der Waals surface area contributed by atoms with E-state index in [9.17, 15) is 4.79 Å². The van der Waals surface area contributed by atoms with E-state index in [1.165, 1.54) is 5.56 Å². The van der Waals surface area contributed by atoms with Gasteiger partial charge >= 0.3 is 0 Å². The lowest BCUT2D eigenvalue weighted by Gasteiger charge is -2.18. The van der Waals surface area contributed by atoms with Crippen LogP contribution in [0.1, 0.15) is 62.5 Å². The first-order valence-corrected chi connectivity index (χ1v) is 8.80. The van der Waals surface area contributed by atoms with E-state index in [4.69, 9.17) is 0 Å². The van der Waals surface area contributed by atoms with Crippen molar-refractivity contribution in [3.8, 4) is 0 Å². The summed E-state index contributed by atoms with van der Waals surface area (Å²) in [5.41, 5.74) is 6.55. The molecule has 0 aromatic heterocycles. The van der Waals surface area contributed by atoms with Gasteiger partial charge in [-0.25, -0.2) is 5.43 Å². The van der Waals surface area contributed by atoms with Gasteiger partial charge in [0.25, 0.3) is 5.91 Å². The highest BCUT2D eigenvalue weighted by molar-refractivity contribution is 6.02. The number of nitrogens with zero attached hydrogens (tertiary/aromatic N) is 1. The molecule has 0 aliphatic heterocycles. The number of carbonyl (C=O) groups is 1. The van der Waals surface area contributed by atoms with Gasteiger partial charge in [-0.3, -0.25) is 4.79 Å². The van der Waals surface area contributed by atoms with Gasteiger partial charge in [0.1, 0.15) is 0 Å². The SMILES string of the molecule is CC(C)CC(=NNC(=O)c1ccc(C(C)(C)C)cc1)c1ccccc1. The molecule has 0 saturated carbocycles. The second-order valence-corrected chi connectivity index (χ2v) is 7.79. The second kappa shape index (κ2) is 8.11. The Morgan fingerprint density at radius 1 is 0.960 bits per heavy atom. The van der Waals surface area contributed by atoms with Gasteiger partial charge in [0.2, 0.25) is 0 Å². The maximum Gasteiger partial charge on any atom is 0.271 e. The molecule has 0 saturated heterocycles. The van der Waals surface area contributed by atoms with Crippen LogP contribution >= 0.6 is 0 Å². The minimum absolute atomic E-state index is 0.0743. The normalized spacial score (nSPS) is 12.3. The van der Waals surface area contributed by atoms with Gasteiger partial charge in [-0.1, -0.05) is 77.1 Å². The molecule has 1 amide bonds. The second-order valence-electron chi connectivity index (χ2n) is 7.79. The Hall–Kier alpha value is -2.42. The van der Waals surface area contributed by atoms with Crippen LogP contribution < -0.4 is 5.43 Å². The molecule has 2 aromatic rings. The van der Waals surface area contributed by atoms with Crippen molar-refractivity contribution in [2.45, 2.75) is 46.5 Å². The minimum Gasteiger partial charge on any atom is -0.267 e. The van der Waals surface area contributed by atoms with E-state index in [1.807, 2.05) is 54.6 Å². The average Bonchev–Trinajstić information content (AvgIpc) is 2.58. The molecule has 0 fully saturated rings. The number of hydrazone groups is 1. The van der Waals surface area contributed by atoms with E-state index in [-0.39, 0.29) is 11.3 Å². The maximum absolute atomic E-state index is 12.4. The fourth-order valence-electron chi connectivity index (χ4n) is 2.55. The van der Waals surface area contributed by atoms with E-state index in [0.29, 0.717) is 11.5 Å². The largest absolute Gasteiger partial charge is 0.271 e. The third kappa shape index (κ3) is 5.56. The highest BCUT2D eigenvalue weighted by Gasteiger charge is 2.14. The Morgan fingerprint density at radius 3 is 2.08 bits per heavy atom. The van der Waals surface area contributed by atoms with Gasteiger partial charge in [-0.05, 0) is 41.0 Å². The topological polar surface area (TPSA) is 41.5 Å². The molecule has 0 aliphatic rings. The summed E-state index contributed by atoms with van der Waals surface area (Å²) in [6.45, 7) is 10.8. The van der Waals surface area contributed by atoms with Gasteiger partial charge in [0.05, 0.1) is 5.71 Å². The van der Waals surface area contributed by atoms with Crippen molar-refractivity contribution in [3.05, 3.63) is 71.3 Å². The summed E-state index contributed by atoms with van der Waals surface area (Å²) in [4.78, 5) is 12.4. The Kier molecular flexibility index (Phi) is 6.13. The molecule has 3 heteroatoms. The average molecular weight is 336 g/mol. The minimum atomic E-state index is -0.183. The Morgan fingerprint density at radius 2 is 1.56 bits per heavy atom. The van der Waals surface area contributed by atoms with Crippen LogP contribution in [-0.2, 0) is 5.41 Å². The Bertz CT molecular complexity index is 723. The van der Waals surface area contributed by atoms with E-state index < -0.39 is 0 Å². The highest BCUT2D eigenvalue weighted by Crippen LogP contribution is 2.22. The van der Waals surface area contributed by atoms with Gasteiger partial charge in [-0.15, -0.1) is 0 Å². The van der Waals surface area contributed by atoms with Crippen LogP contribution in [0.15, 0.2) is 59.7 Å². The molecular weight excluding hydrogens is 308 g/mol. The lowest BCUT2D eigenvalue weighted by Crippen LogP contribution is -2.21. The van der Waals surface area contributed by atoms with E-state index in [0.717, 1.165) is 17.7 Å². The molecule has 0 radical (unpaired) electrons. The molecule has 3 nitrogen and oxygen atoms in total. The molecule has 0 unspecified atom stereocenters. The number of hydrogen-bond acceptors (Lipinski definition) is 2. The highest BCUT2D eigenvalue weighted by atomic mass is 16.2. The summed E-state index contributed by atoms with van der Waals surface area (Å²) in [5.74, 6) is 0.277. The van der Waals surface area contributed by atoms with Gasteiger partial charge in [-0.2, -0.15) is 5.10 Å². The van der Waals surface area contributed by atoms with Crippen LogP contribution in [0, 0.1) is 5.92 Å². The first kappa shape index (κ1) is 18.9. The third-order valence-electron chi connectivity index (χ3n) is 4.01. The molecule has 1 N–H and O–H groups in total. The van der Waals surface area contributed by atoms with Crippen molar-refractivity contribution in [3.63, 3.8) is 0 Å². The van der Waals surface area contributed by atoms with Crippen molar-refractivity contribution in [1.29, 1.82) is 0 Å². The van der Waals surface area contributed by atoms with Crippen LogP contribution in [0.25, 0.3) is 0 Å². The van der Waals surface area contributed by atoms with Crippen LogP contribution in [0.4, 0.5) is 0 Å². The summed E-state index contributed by atoms with van der Waals surface area (Å²) in [7, 11) is 0. The Balaban J connectivity index is 2.15. The molecule has 0 heterocycles. The number of rotatable bonds is 5. The number of carbonyl (C=O) groups excluding carboxylic acids is 1. The number of amides is 1. The smallest absolute Gasteiger partial charge is 0.267 e. The van der Waals surface area contributed by atoms with Crippen molar-refractivity contribution < 1.29 is 4.79 Å². The third-order valence-corrected chi connectivity index (χ3v) is 4.01. The maximum atomic E-state index is 12.4. The summed E-state index contributed by atoms with van der Waals surface area (Å²) in [6, 6.07) is 17.7. The zero-order valence-corrected chi connectivity index (χ0v) is 15.8. The fourth-order valence-corrected chi connectivity index (χ4v) is 2.55. The predicted molar refractivity (Wildman–Crippen MR) is 105 cm³/mol. The fraction of sp³-hybridized carbons (Fsp3) is 0.364. The lowest BCUT2D eigenvalue weighted by molar-refractivity contribution is 0.0954. The summed E-state index contributed by atoms with van der Waals surface area (Å²) in [5, 5.41) is 4.40. The number of hydrogen-bond donors (Lipinski definition) is 1. The number of benzene rings is 2. The lowest BCUT2D eigenvalue weighted by atomic mass is 9.87. The zero-order valence-electron chi connectivity index (χ0n) is 15.8. The summed E-state index contributed by atoms with van der Waals surface area (Å²) in [6.07, 6.45) is 0.813. The molecule has 0 atom stereocenters. The van der Waals surface area contributed by atoms with Crippen molar-refractivity contribution in [2.24, 2.45) is 11.0 Å². The summed E-state index contributed by atoms with van der Waals surface area (Å²) >= 11 is 0. The monoisotopic (exact) mass is 336 g/mol. The van der Waals surface area contributed by atoms with Crippen LogP contribution in [-0.4, -0.2) is 11.6 Å². The van der Waals surface area contributed by atoms with Crippen molar-refractivity contribution in [2.75, 3.05) is 0 Å². The predicted octanol–water partition coefficient (Wildman–Crippen LogP) is 5.16. The molecule has 2 rings (SSSR count). The molecule has 132 valence electrons. The van der Waals surface area contributed by atoms with E-state index >= 15 is 0 Å².